The summed E-state index contributed by atoms with van der Waals surface area (Å²) in [5.41, 5.74) is 0. The highest BCUT2D eigenvalue weighted by atomic mass is 16.5. The molecule has 2 N–H and O–H groups in total. The minimum absolute atomic E-state index is 0.194. The van der Waals surface area contributed by atoms with Crippen molar-refractivity contribution in [1.29, 1.82) is 0 Å². The highest BCUT2D eigenvalue weighted by molar-refractivity contribution is 4.74. The van der Waals surface area contributed by atoms with E-state index in [9.17, 15) is 5.11 Å². The van der Waals surface area contributed by atoms with Gasteiger partial charge in [-0.2, -0.15) is 0 Å². The Labute approximate surface area is 119 Å². The smallest absolute Gasteiger partial charge is 0.0589 e. The Balaban J connectivity index is 4.28. The normalized spacial score (nSPS) is 13.7. The molecule has 0 heterocycles. The largest absolute Gasteiger partial charge is 0.395 e. The van der Waals surface area contributed by atoms with Gasteiger partial charge in [0.05, 0.1) is 13.2 Å². The molecule has 116 valence electrons. The first-order valence-corrected chi connectivity index (χ1v) is 7.68. The average Bonchev–Trinajstić information content (AvgIpc) is 2.40. The lowest BCUT2D eigenvalue weighted by Gasteiger charge is -2.32. The molecule has 0 saturated heterocycles. The SMILES string of the molecule is CCC(CC)N(CCOC)CCC(CO)NC(C)C. The molecule has 0 aromatic rings. The molecule has 1 atom stereocenters. The van der Waals surface area contributed by atoms with Crippen LogP contribution in [0.2, 0.25) is 0 Å². The van der Waals surface area contributed by atoms with Crippen molar-refractivity contribution in [3.63, 3.8) is 0 Å². The highest BCUT2D eigenvalue weighted by Gasteiger charge is 2.17. The summed E-state index contributed by atoms with van der Waals surface area (Å²) >= 11 is 0. The highest BCUT2D eigenvalue weighted by Crippen LogP contribution is 2.10. The topological polar surface area (TPSA) is 44.7 Å². The molecule has 4 heteroatoms. The Hall–Kier alpha value is -0.160. The van der Waals surface area contributed by atoms with Crippen LogP contribution in [-0.2, 0) is 4.74 Å². The number of rotatable bonds is 12. The van der Waals surface area contributed by atoms with E-state index >= 15 is 0 Å². The first-order valence-electron chi connectivity index (χ1n) is 7.68. The first kappa shape index (κ1) is 18.8. The van der Waals surface area contributed by atoms with E-state index in [1.807, 2.05) is 0 Å². The van der Waals surface area contributed by atoms with Gasteiger partial charge in [0.2, 0.25) is 0 Å². The Morgan fingerprint density at radius 1 is 1.16 bits per heavy atom. The minimum atomic E-state index is 0.194. The summed E-state index contributed by atoms with van der Waals surface area (Å²) in [6, 6.07) is 1.23. The van der Waals surface area contributed by atoms with E-state index in [4.69, 9.17) is 4.74 Å². The second kappa shape index (κ2) is 11.6. The van der Waals surface area contributed by atoms with Gasteiger partial charge in [0.1, 0.15) is 0 Å². The van der Waals surface area contributed by atoms with E-state index in [0.29, 0.717) is 12.1 Å². The maximum absolute atomic E-state index is 9.41. The third-order valence-electron chi connectivity index (χ3n) is 3.60. The van der Waals surface area contributed by atoms with Gasteiger partial charge in [-0.25, -0.2) is 0 Å². The van der Waals surface area contributed by atoms with E-state index in [-0.39, 0.29) is 12.6 Å². The van der Waals surface area contributed by atoms with Crippen molar-refractivity contribution in [2.24, 2.45) is 0 Å². The van der Waals surface area contributed by atoms with Crippen LogP contribution in [0.4, 0.5) is 0 Å². The van der Waals surface area contributed by atoms with Gasteiger partial charge in [0.15, 0.2) is 0 Å². The fourth-order valence-electron chi connectivity index (χ4n) is 2.51. The number of methoxy groups -OCH3 is 1. The van der Waals surface area contributed by atoms with Crippen LogP contribution in [0.5, 0.6) is 0 Å². The number of nitrogens with zero attached hydrogens (tertiary/aromatic N) is 1. The molecule has 0 aromatic heterocycles. The van der Waals surface area contributed by atoms with Gasteiger partial charge in [-0.1, -0.05) is 27.7 Å². The fraction of sp³-hybridized carbons (Fsp3) is 1.00. The van der Waals surface area contributed by atoms with Crippen molar-refractivity contribution in [3.8, 4) is 0 Å². The molecule has 0 bridgehead atoms. The van der Waals surface area contributed by atoms with Crippen molar-refractivity contribution in [2.45, 2.75) is 65.1 Å². The van der Waals surface area contributed by atoms with Crippen LogP contribution in [0, 0.1) is 0 Å². The first-order chi connectivity index (χ1) is 9.08. The number of nitrogens with one attached hydrogen (secondary N) is 1. The maximum Gasteiger partial charge on any atom is 0.0589 e. The maximum atomic E-state index is 9.41. The van der Waals surface area contributed by atoms with Gasteiger partial charge in [0, 0.05) is 38.3 Å². The molecule has 0 spiro atoms. The summed E-state index contributed by atoms with van der Waals surface area (Å²) in [7, 11) is 1.75. The van der Waals surface area contributed by atoms with E-state index < -0.39 is 0 Å². The molecule has 0 aliphatic carbocycles. The van der Waals surface area contributed by atoms with E-state index in [1.54, 1.807) is 7.11 Å². The van der Waals surface area contributed by atoms with Gasteiger partial charge in [-0.3, -0.25) is 4.90 Å². The van der Waals surface area contributed by atoms with E-state index in [0.717, 1.165) is 26.1 Å². The molecule has 0 aromatic carbocycles. The number of hydrogen-bond acceptors (Lipinski definition) is 4. The molecule has 0 saturated carbocycles. The van der Waals surface area contributed by atoms with Crippen molar-refractivity contribution >= 4 is 0 Å². The van der Waals surface area contributed by atoms with Crippen molar-refractivity contribution in [1.82, 2.24) is 10.2 Å². The van der Waals surface area contributed by atoms with Crippen molar-refractivity contribution in [3.05, 3.63) is 0 Å². The van der Waals surface area contributed by atoms with Crippen LogP contribution >= 0.6 is 0 Å². The van der Waals surface area contributed by atoms with Crippen LogP contribution in [0.1, 0.15) is 47.0 Å². The van der Waals surface area contributed by atoms with Gasteiger partial charge >= 0.3 is 0 Å². The third-order valence-corrected chi connectivity index (χ3v) is 3.60. The minimum Gasteiger partial charge on any atom is -0.395 e. The summed E-state index contributed by atoms with van der Waals surface area (Å²) in [6.07, 6.45) is 3.32. The lowest BCUT2D eigenvalue weighted by atomic mass is 10.1. The van der Waals surface area contributed by atoms with Crippen molar-refractivity contribution in [2.75, 3.05) is 33.4 Å². The molecule has 0 fully saturated rings. The zero-order valence-corrected chi connectivity index (χ0v) is 13.5. The summed E-state index contributed by atoms with van der Waals surface area (Å²) in [5, 5.41) is 12.8. The van der Waals surface area contributed by atoms with Crippen molar-refractivity contribution < 1.29 is 9.84 Å². The Bertz CT molecular complexity index is 197. The molecular formula is C15H34N2O2. The third kappa shape index (κ3) is 8.58. The van der Waals surface area contributed by atoms with Crippen LogP contribution in [-0.4, -0.2) is 61.5 Å². The van der Waals surface area contributed by atoms with Gasteiger partial charge < -0.3 is 15.2 Å². The zero-order valence-electron chi connectivity index (χ0n) is 13.5. The monoisotopic (exact) mass is 274 g/mol. The standard InChI is InChI=1S/C15H34N2O2/c1-6-15(7-2)17(10-11-19-5)9-8-14(12-18)16-13(3)4/h13-16,18H,6-12H2,1-5H3. The molecule has 19 heavy (non-hydrogen) atoms. The molecule has 0 rings (SSSR count). The molecule has 0 radical (unpaired) electrons. The van der Waals surface area contributed by atoms with Gasteiger partial charge in [0.25, 0.3) is 0 Å². The van der Waals surface area contributed by atoms with Gasteiger partial charge in [-0.15, -0.1) is 0 Å². The van der Waals surface area contributed by atoms with E-state index in [1.165, 1.54) is 12.8 Å². The number of aliphatic hydroxyl groups excluding tert-OH is 1. The molecule has 0 amide bonds. The molecule has 0 aliphatic rings. The van der Waals surface area contributed by atoms with Gasteiger partial charge in [-0.05, 0) is 19.3 Å². The second-order valence-corrected chi connectivity index (χ2v) is 5.49. The van der Waals surface area contributed by atoms with Crippen LogP contribution in [0.25, 0.3) is 0 Å². The predicted molar refractivity (Wildman–Crippen MR) is 81.6 cm³/mol. The summed E-state index contributed by atoms with van der Waals surface area (Å²) in [5.74, 6) is 0. The fourth-order valence-corrected chi connectivity index (χ4v) is 2.51. The number of ether oxygens (including phenoxy) is 1. The number of aliphatic hydroxyl groups is 1. The molecular weight excluding hydrogens is 240 g/mol. The Morgan fingerprint density at radius 2 is 1.79 bits per heavy atom. The second-order valence-electron chi connectivity index (χ2n) is 5.49. The van der Waals surface area contributed by atoms with Crippen LogP contribution < -0.4 is 5.32 Å². The predicted octanol–water partition coefficient (Wildman–Crippen LogP) is 1.87. The van der Waals surface area contributed by atoms with Crippen LogP contribution in [0.15, 0.2) is 0 Å². The lowest BCUT2D eigenvalue weighted by molar-refractivity contribution is 0.107. The average molecular weight is 274 g/mol. The van der Waals surface area contributed by atoms with Crippen LogP contribution in [0.3, 0.4) is 0 Å². The van der Waals surface area contributed by atoms with E-state index in [2.05, 4.69) is 37.9 Å². The lowest BCUT2D eigenvalue weighted by Crippen LogP contribution is -2.43. The molecule has 0 aliphatic heterocycles. The Kier molecular flexibility index (Phi) is 11.6. The summed E-state index contributed by atoms with van der Waals surface area (Å²) < 4.78 is 5.20. The quantitative estimate of drug-likeness (QED) is 0.570. The molecule has 4 nitrogen and oxygen atoms in total. The molecule has 1 unspecified atom stereocenters. The summed E-state index contributed by atoms with van der Waals surface area (Å²) in [4.78, 5) is 2.49. The number of hydrogen-bond donors (Lipinski definition) is 2. The Morgan fingerprint density at radius 3 is 2.21 bits per heavy atom. The zero-order chi connectivity index (χ0) is 14.7. The summed E-state index contributed by atoms with van der Waals surface area (Å²) in [6.45, 7) is 11.7.